The number of pyridine rings is 1. The molecule has 1 N–H and O–H groups in total. The maximum absolute atomic E-state index is 12.7. The number of nitrogens with zero attached hydrogens (tertiary/aromatic N) is 3. The first-order valence-electron chi connectivity index (χ1n) is 11.0. The fraction of sp³-hybridized carbons (Fsp3) is 0.522. The number of furan rings is 1. The lowest BCUT2D eigenvalue weighted by atomic mass is 9.96. The lowest BCUT2D eigenvalue weighted by Crippen LogP contribution is -2.45. The molecule has 0 spiro atoms. The fourth-order valence-corrected chi connectivity index (χ4v) is 4.29. The molecule has 2 amide bonds. The Labute approximate surface area is 177 Å². The molecule has 1 atom stereocenters. The second kappa shape index (κ2) is 9.78. The Morgan fingerprint density at radius 2 is 1.90 bits per heavy atom. The van der Waals surface area contributed by atoms with Gasteiger partial charge in [0.25, 0.3) is 5.91 Å². The van der Waals surface area contributed by atoms with Gasteiger partial charge in [-0.25, -0.2) is 4.98 Å². The molecular weight excluding hydrogens is 380 g/mol. The summed E-state index contributed by atoms with van der Waals surface area (Å²) in [7, 11) is 0. The summed E-state index contributed by atoms with van der Waals surface area (Å²) in [6.07, 6.45) is 11.5. The SMILES string of the molecule is O=C(NCc1ccc(N2CCCCCC2)nc1)[C@@H]1CCCN(C(=O)c2ccoc2)C1. The van der Waals surface area contributed by atoms with E-state index in [2.05, 4.69) is 21.3 Å². The number of hydrogen-bond acceptors (Lipinski definition) is 5. The number of nitrogens with one attached hydrogen (secondary N) is 1. The molecule has 0 aromatic carbocycles. The monoisotopic (exact) mass is 410 g/mol. The second-order valence-electron chi connectivity index (χ2n) is 8.25. The molecule has 160 valence electrons. The van der Waals surface area contributed by atoms with Crippen LogP contribution in [0.2, 0.25) is 0 Å². The van der Waals surface area contributed by atoms with Gasteiger partial charge in [0.05, 0.1) is 17.7 Å². The van der Waals surface area contributed by atoms with E-state index >= 15 is 0 Å². The van der Waals surface area contributed by atoms with Gasteiger partial charge in [0.1, 0.15) is 12.1 Å². The van der Waals surface area contributed by atoms with Gasteiger partial charge in [-0.15, -0.1) is 0 Å². The first-order valence-corrected chi connectivity index (χ1v) is 11.0. The van der Waals surface area contributed by atoms with Gasteiger partial charge in [-0.1, -0.05) is 18.9 Å². The molecular formula is C23H30N4O3. The van der Waals surface area contributed by atoms with Gasteiger partial charge in [0.2, 0.25) is 5.91 Å². The lowest BCUT2D eigenvalue weighted by Gasteiger charge is -2.31. The van der Waals surface area contributed by atoms with Crippen LogP contribution in [0.5, 0.6) is 0 Å². The van der Waals surface area contributed by atoms with Gasteiger partial charge < -0.3 is 19.5 Å². The zero-order chi connectivity index (χ0) is 20.8. The minimum Gasteiger partial charge on any atom is -0.472 e. The van der Waals surface area contributed by atoms with Crippen molar-refractivity contribution in [3.05, 3.63) is 48.0 Å². The van der Waals surface area contributed by atoms with Crippen molar-refractivity contribution in [3.8, 4) is 0 Å². The van der Waals surface area contributed by atoms with Crippen LogP contribution in [0.3, 0.4) is 0 Å². The highest BCUT2D eigenvalue weighted by Crippen LogP contribution is 2.20. The van der Waals surface area contributed by atoms with Crippen molar-refractivity contribution in [2.45, 2.75) is 45.1 Å². The third-order valence-corrected chi connectivity index (χ3v) is 6.05. The lowest BCUT2D eigenvalue weighted by molar-refractivity contribution is -0.126. The van der Waals surface area contributed by atoms with Crippen LogP contribution >= 0.6 is 0 Å². The zero-order valence-electron chi connectivity index (χ0n) is 17.4. The van der Waals surface area contributed by atoms with E-state index in [1.165, 1.54) is 38.2 Å². The first-order chi connectivity index (χ1) is 14.7. The molecule has 0 bridgehead atoms. The average Bonchev–Trinajstić information content (AvgIpc) is 3.20. The second-order valence-corrected chi connectivity index (χ2v) is 8.25. The maximum Gasteiger partial charge on any atom is 0.257 e. The number of piperidine rings is 1. The van der Waals surface area contributed by atoms with E-state index in [9.17, 15) is 9.59 Å². The van der Waals surface area contributed by atoms with Crippen molar-refractivity contribution in [1.82, 2.24) is 15.2 Å². The van der Waals surface area contributed by atoms with E-state index in [1.54, 1.807) is 11.0 Å². The van der Waals surface area contributed by atoms with Gasteiger partial charge in [-0.05, 0) is 43.4 Å². The van der Waals surface area contributed by atoms with Crippen LogP contribution in [0, 0.1) is 5.92 Å². The number of carbonyl (C=O) groups is 2. The van der Waals surface area contributed by atoms with Crippen LogP contribution in [0.4, 0.5) is 5.82 Å². The highest BCUT2D eigenvalue weighted by Gasteiger charge is 2.29. The standard InChI is InChI=1S/C23H30N4O3/c28-22(19-6-5-12-27(16-19)23(29)20-9-13-30-17-20)25-15-18-7-8-21(24-14-18)26-10-3-1-2-4-11-26/h7-9,13-14,17,19H,1-6,10-12,15-16H2,(H,25,28)/t19-/m1/s1. The summed E-state index contributed by atoms with van der Waals surface area (Å²) < 4.78 is 5.01. The minimum absolute atomic E-state index is 0.00344. The quantitative estimate of drug-likeness (QED) is 0.819. The Balaban J connectivity index is 1.28. The summed E-state index contributed by atoms with van der Waals surface area (Å²) in [4.78, 5) is 33.9. The summed E-state index contributed by atoms with van der Waals surface area (Å²) in [5.41, 5.74) is 1.52. The summed E-state index contributed by atoms with van der Waals surface area (Å²) >= 11 is 0. The predicted molar refractivity (Wildman–Crippen MR) is 114 cm³/mol. The topological polar surface area (TPSA) is 78.7 Å². The van der Waals surface area contributed by atoms with E-state index in [0.717, 1.165) is 37.3 Å². The van der Waals surface area contributed by atoms with Crippen LogP contribution in [-0.2, 0) is 11.3 Å². The van der Waals surface area contributed by atoms with E-state index in [-0.39, 0.29) is 17.7 Å². The van der Waals surface area contributed by atoms with E-state index < -0.39 is 0 Å². The van der Waals surface area contributed by atoms with Crippen molar-refractivity contribution in [2.24, 2.45) is 5.92 Å². The fourth-order valence-electron chi connectivity index (χ4n) is 4.29. The van der Waals surface area contributed by atoms with Crippen LogP contribution in [0.15, 0.2) is 41.3 Å². The van der Waals surface area contributed by atoms with Crippen molar-refractivity contribution >= 4 is 17.6 Å². The Hall–Kier alpha value is -2.83. The molecule has 2 fully saturated rings. The Morgan fingerprint density at radius 1 is 1.07 bits per heavy atom. The first kappa shape index (κ1) is 20.4. The number of amides is 2. The number of anilines is 1. The van der Waals surface area contributed by atoms with Crippen molar-refractivity contribution in [2.75, 3.05) is 31.1 Å². The Morgan fingerprint density at radius 3 is 2.60 bits per heavy atom. The average molecular weight is 411 g/mol. The number of rotatable bonds is 5. The van der Waals surface area contributed by atoms with Gasteiger partial charge in [-0.3, -0.25) is 9.59 Å². The highest BCUT2D eigenvalue weighted by molar-refractivity contribution is 5.94. The van der Waals surface area contributed by atoms with E-state index in [4.69, 9.17) is 4.42 Å². The Bertz CT molecular complexity index is 827. The molecule has 0 saturated carbocycles. The zero-order valence-corrected chi connectivity index (χ0v) is 17.4. The predicted octanol–water partition coefficient (Wildman–Crippen LogP) is 3.22. The van der Waals surface area contributed by atoms with Crippen LogP contribution in [0.25, 0.3) is 0 Å². The minimum atomic E-state index is -0.182. The smallest absolute Gasteiger partial charge is 0.257 e. The van der Waals surface area contributed by atoms with E-state index in [0.29, 0.717) is 25.2 Å². The molecule has 7 nitrogen and oxygen atoms in total. The number of carbonyl (C=O) groups excluding carboxylic acids is 2. The molecule has 0 radical (unpaired) electrons. The largest absolute Gasteiger partial charge is 0.472 e. The molecule has 4 heterocycles. The Kier molecular flexibility index (Phi) is 6.67. The number of aromatic nitrogens is 1. The molecule has 2 aliphatic heterocycles. The molecule has 4 rings (SSSR count). The molecule has 2 aliphatic rings. The highest BCUT2D eigenvalue weighted by atomic mass is 16.3. The van der Waals surface area contributed by atoms with Crippen LogP contribution in [-0.4, -0.2) is 47.9 Å². The van der Waals surface area contributed by atoms with Crippen molar-refractivity contribution < 1.29 is 14.0 Å². The molecule has 30 heavy (non-hydrogen) atoms. The summed E-state index contributed by atoms with van der Waals surface area (Å²) in [5.74, 6) is 0.762. The normalized spacial score (nSPS) is 19.9. The van der Waals surface area contributed by atoms with Crippen LogP contribution in [0.1, 0.15) is 54.4 Å². The third kappa shape index (κ3) is 5.01. The number of likely N-dealkylation sites (tertiary alicyclic amines) is 1. The molecule has 0 aliphatic carbocycles. The summed E-state index contributed by atoms with van der Waals surface area (Å²) in [5, 5.41) is 3.02. The van der Waals surface area contributed by atoms with Crippen LogP contribution < -0.4 is 10.2 Å². The summed E-state index contributed by atoms with van der Waals surface area (Å²) in [6.45, 7) is 3.72. The molecule has 2 saturated heterocycles. The third-order valence-electron chi connectivity index (χ3n) is 6.05. The van der Waals surface area contributed by atoms with Gasteiger partial charge >= 0.3 is 0 Å². The van der Waals surface area contributed by atoms with E-state index in [1.807, 2.05) is 12.3 Å². The molecule has 2 aromatic rings. The number of hydrogen-bond donors (Lipinski definition) is 1. The van der Waals surface area contributed by atoms with Crippen molar-refractivity contribution in [1.29, 1.82) is 0 Å². The van der Waals surface area contributed by atoms with Crippen molar-refractivity contribution in [3.63, 3.8) is 0 Å². The summed E-state index contributed by atoms with van der Waals surface area (Å²) in [6, 6.07) is 5.76. The molecule has 0 unspecified atom stereocenters. The van der Waals surface area contributed by atoms with Gasteiger partial charge in [0.15, 0.2) is 0 Å². The van der Waals surface area contributed by atoms with Gasteiger partial charge in [-0.2, -0.15) is 0 Å². The molecule has 7 heteroatoms. The maximum atomic E-state index is 12.7. The molecule has 2 aromatic heterocycles. The van der Waals surface area contributed by atoms with Gasteiger partial charge in [0, 0.05) is 38.9 Å².